The molecular weight excluding hydrogens is 320 g/mol. The SMILES string of the molecule is c1cc(COC[C@@H]2C[C@@H]3OCCN(Cc4ccsc4)[C@@H]3C2)ccn1. The molecule has 2 aromatic rings. The van der Waals surface area contributed by atoms with E-state index >= 15 is 0 Å². The summed E-state index contributed by atoms with van der Waals surface area (Å²) in [6, 6.07) is 6.81. The molecule has 2 aliphatic rings. The van der Waals surface area contributed by atoms with Gasteiger partial charge in [0.15, 0.2) is 0 Å². The second-order valence-electron chi connectivity index (χ2n) is 6.79. The van der Waals surface area contributed by atoms with E-state index in [1.165, 1.54) is 17.5 Å². The molecular formula is C19H24N2O2S. The number of hydrogen-bond donors (Lipinski definition) is 0. The van der Waals surface area contributed by atoms with Gasteiger partial charge in [0.1, 0.15) is 0 Å². The normalized spacial score (nSPS) is 27.2. The molecule has 4 rings (SSSR count). The molecule has 0 bridgehead atoms. The summed E-state index contributed by atoms with van der Waals surface area (Å²) >= 11 is 1.78. The number of aromatic nitrogens is 1. The minimum absolute atomic E-state index is 0.381. The fraction of sp³-hybridized carbons (Fsp3) is 0.526. The second-order valence-corrected chi connectivity index (χ2v) is 7.57. The summed E-state index contributed by atoms with van der Waals surface area (Å²) in [7, 11) is 0. The van der Waals surface area contributed by atoms with Crippen LogP contribution in [-0.4, -0.2) is 41.8 Å². The van der Waals surface area contributed by atoms with Gasteiger partial charge in [-0.05, 0) is 58.8 Å². The van der Waals surface area contributed by atoms with Crippen molar-refractivity contribution in [1.29, 1.82) is 0 Å². The third-order valence-corrected chi connectivity index (χ3v) is 5.82. The first-order valence-corrected chi connectivity index (χ1v) is 9.66. The Balaban J connectivity index is 1.29. The number of pyridine rings is 1. The first-order chi connectivity index (χ1) is 11.9. The van der Waals surface area contributed by atoms with Crippen LogP contribution in [-0.2, 0) is 22.6 Å². The van der Waals surface area contributed by atoms with E-state index < -0.39 is 0 Å². The van der Waals surface area contributed by atoms with Gasteiger partial charge in [-0.25, -0.2) is 0 Å². The molecule has 0 unspecified atom stereocenters. The highest BCUT2D eigenvalue weighted by atomic mass is 32.1. The highest BCUT2D eigenvalue weighted by Crippen LogP contribution is 2.35. The van der Waals surface area contributed by atoms with Crippen molar-refractivity contribution in [2.45, 2.75) is 38.1 Å². The lowest BCUT2D eigenvalue weighted by atomic mass is 10.1. The summed E-state index contributed by atoms with van der Waals surface area (Å²) in [5, 5.41) is 4.42. The monoisotopic (exact) mass is 344 g/mol. The zero-order valence-electron chi connectivity index (χ0n) is 13.8. The average Bonchev–Trinajstić information content (AvgIpc) is 3.26. The third-order valence-electron chi connectivity index (χ3n) is 5.09. The van der Waals surface area contributed by atoms with Crippen LogP contribution in [0.3, 0.4) is 0 Å². The van der Waals surface area contributed by atoms with Crippen molar-refractivity contribution in [1.82, 2.24) is 9.88 Å². The number of rotatable bonds is 6. The predicted molar refractivity (Wildman–Crippen MR) is 94.9 cm³/mol. The smallest absolute Gasteiger partial charge is 0.0734 e. The van der Waals surface area contributed by atoms with Crippen LogP contribution in [0.4, 0.5) is 0 Å². The number of thiophene rings is 1. The molecule has 1 saturated carbocycles. The van der Waals surface area contributed by atoms with Gasteiger partial charge < -0.3 is 9.47 Å². The summed E-state index contributed by atoms with van der Waals surface area (Å²) in [4.78, 5) is 6.65. The molecule has 2 aromatic heterocycles. The molecule has 2 fully saturated rings. The van der Waals surface area contributed by atoms with Gasteiger partial charge in [-0.3, -0.25) is 9.88 Å². The third kappa shape index (κ3) is 3.86. The molecule has 0 aromatic carbocycles. The molecule has 0 N–H and O–H groups in total. The van der Waals surface area contributed by atoms with Crippen molar-refractivity contribution in [3.8, 4) is 0 Å². The van der Waals surface area contributed by atoms with Gasteiger partial charge in [-0.15, -0.1) is 0 Å². The van der Waals surface area contributed by atoms with Crippen LogP contribution in [0.25, 0.3) is 0 Å². The van der Waals surface area contributed by atoms with Crippen molar-refractivity contribution in [2.24, 2.45) is 5.92 Å². The van der Waals surface area contributed by atoms with Crippen LogP contribution in [0, 0.1) is 5.92 Å². The van der Waals surface area contributed by atoms with E-state index in [9.17, 15) is 0 Å². The lowest BCUT2D eigenvalue weighted by Crippen LogP contribution is -2.47. The number of nitrogens with zero attached hydrogens (tertiary/aromatic N) is 2. The van der Waals surface area contributed by atoms with Crippen molar-refractivity contribution in [3.63, 3.8) is 0 Å². The van der Waals surface area contributed by atoms with Gasteiger partial charge in [-0.2, -0.15) is 11.3 Å². The van der Waals surface area contributed by atoms with Crippen molar-refractivity contribution in [3.05, 3.63) is 52.5 Å². The Morgan fingerprint density at radius 3 is 2.96 bits per heavy atom. The van der Waals surface area contributed by atoms with Crippen molar-refractivity contribution < 1.29 is 9.47 Å². The maximum Gasteiger partial charge on any atom is 0.0734 e. The van der Waals surface area contributed by atoms with Crippen molar-refractivity contribution >= 4 is 11.3 Å². The highest BCUT2D eigenvalue weighted by molar-refractivity contribution is 7.07. The topological polar surface area (TPSA) is 34.6 Å². The van der Waals surface area contributed by atoms with Gasteiger partial charge in [0.2, 0.25) is 0 Å². The van der Waals surface area contributed by atoms with Gasteiger partial charge in [0, 0.05) is 38.1 Å². The van der Waals surface area contributed by atoms with Crippen LogP contribution >= 0.6 is 11.3 Å². The minimum Gasteiger partial charge on any atom is -0.376 e. The lowest BCUT2D eigenvalue weighted by molar-refractivity contribution is -0.0590. The van der Waals surface area contributed by atoms with Crippen LogP contribution in [0.2, 0.25) is 0 Å². The second kappa shape index (κ2) is 7.74. The molecule has 5 heteroatoms. The molecule has 0 spiro atoms. The minimum atomic E-state index is 0.381. The van der Waals surface area contributed by atoms with Gasteiger partial charge in [0.05, 0.1) is 19.3 Å². The first kappa shape index (κ1) is 16.2. The lowest BCUT2D eigenvalue weighted by Gasteiger charge is -2.37. The predicted octanol–water partition coefficient (Wildman–Crippen LogP) is 3.34. The van der Waals surface area contributed by atoms with E-state index in [0.717, 1.165) is 32.7 Å². The average molecular weight is 344 g/mol. The van der Waals surface area contributed by atoms with Crippen LogP contribution in [0.5, 0.6) is 0 Å². The van der Waals surface area contributed by atoms with E-state index in [4.69, 9.17) is 9.47 Å². The molecule has 1 saturated heterocycles. The molecule has 1 aliphatic heterocycles. The molecule has 1 aliphatic carbocycles. The van der Waals surface area contributed by atoms with E-state index in [-0.39, 0.29) is 0 Å². The number of hydrogen-bond acceptors (Lipinski definition) is 5. The highest BCUT2D eigenvalue weighted by Gasteiger charge is 2.40. The van der Waals surface area contributed by atoms with Crippen LogP contribution in [0.15, 0.2) is 41.4 Å². The Morgan fingerprint density at radius 1 is 1.21 bits per heavy atom. The largest absolute Gasteiger partial charge is 0.376 e. The summed E-state index contributed by atoms with van der Waals surface area (Å²) in [6.45, 7) is 4.45. The number of fused-ring (bicyclic) bond motifs is 1. The molecule has 3 heterocycles. The first-order valence-electron chi connectivity index (χ1n) is 8.72. The summed E-state index contributed by atoms with van der Waals surface area (Å²) in [5.74, 6) is 0.602. The Kier molecular flexibility index (Phi) is 5.23. The molecule has 4 nitrogen and oxygen atoms in total. The molecule has 0 amide bonds. The van der Waals surface area contributed by atoms with Gasteiger partial charge in [-0.1, -0.05) is 0 Å². The van der Waals surface area contributed by atoms with Gasteiger partial charge >= 0.3 is 0 Å². The summed E-state index contributed by atoms with van der Waals surface area (Å²) < 4.78 is 12.0. The Labute approximate surface area is 147 Å². The fourth-order valence-electron chi connectivity index (χ4n) is 3.90. The number of morpholine rings is 1. The summed E-state index contributed by atoms with van der Waals surface area (Å²) in [5.41, 5.74) is 2.62. The number of ether oxygens (including phenoxy) is 2. The van der Waals surface area contributed by atoms with Crippen LogP contribution < -0.4 is 0 Å². The molecule has 24 heavy (non-hydrogen) atoms. The van der Waals surface area contributed by atoms with E-state index in [2.05, 4.69) is 26.7 Å². The van der Waals surface area contributed by atoms with Crippen molar-refractivity contribution in [2.75, 3.05) is 19.8 Å². The molecule has 128 valence electrons. The van der Waals surface area contributed by atoms with Gasteiger partial charge in [0.25, 0.3) is 0 Å². The molecule has 0 radical (unpaired) electrons. The summed E-state index contributed by atoms with van der Waals surface area (Å²) in [6.07, 6.45) is 6.33. The van der Waals surface area contributed by atoms with E-state index in [0.29, 0.717) is 24.7 Å². The zero-order chi connectivity index (χ0) is 16.2. The van der Waals surface area contributed by atoms with E-state index in [1.54, 1.807) is 11.3 Å². The maximum absolute atomic E-state index is 6.04. The Morgan fingerprint density at radius 2 is 2.12 bits per heavy atom. The standard InChI is InChI=1S/C19H24N2O2S/c1-4-20-5-2-15(1)12-22-13-17-9-18-19(10-17)23-7-6-21(18)11-16-3-8-24-14-16/h1-5,8,14,17-19H,6-7,9-13H2/t17-,18+,19-/m0/s1. The van der Waals surface area contributed by atoms with E-state index in [1.807, 2.05) is 24.5 Å². The maximum atomic E-state index is 6.04. The fourth-order valence-corrected chi connectivity index (χ4v) is 4.56. The quantitative estimate of drug-likeness (QED) is 0.805. The Bertz CT molecular complexity index is 620. The zero-order valence-corrected chi connectivity index (χ0v) is 14.7. The molecule has 3 atom stereocenters. The Hall–Kier alpha value is -1.27. The van der Waals surface area contributed by atoms with Crippen LogP contribution in [0.1, 0.15) is 24.0 Å².